The third-order valence-corrected chi connectivity index (χ3v) is 3.09. The Kier molecular flexibility index (Phi) is 2.87. The fourth-order valence-electron chi connectivity index (χ4n) is 2.35. The summed E-state index contributed by atoms with van der Waals surface area (Å²) in [6.45, 7) is 5.30. The summed E-state index contributed by atoms with van der Waals surface area (Å²) >= 11 is 0. The van der Waals surface area contributed by atoms with E-state index in [4.69, 9.17) is 0 Å². The molecule has 2 bridgehead atoms. The van der Waals surface area contributed by atoms with Crippen LogP contribution in [-0.2, 0) is 0 Å². The second-order valence-corrected chi connectivity index (χ2v) is 4.09. The predicted octanol–water partition coefficient (Wildman–Crippen LogP) is 0.836. The Morgan fingerprint density at radius 1 is 1.31 bits per heavy atom. The Hall–Kier alpha value is -0.520. The molecule has 13 heavy (non-hydrogen) atoms. The largest absolute Gasteiger partial charge is 0.310 e. The smallest absolute Gasteiger partial charge is 0.0602 e. The molecule has 0 spiro atoms. The molecule has 0 aromatic rings. The van der Waals surface area contributed by atoms with Crippen molar-refractivity contribution in [2.75, 3.05) is 19.6 Å². The molecule has 2 heteroatoms. The molecular weight excluding hydrogens is 160 g/mol. The van der Waals surface area contributed by atoms with Gasteiger partial charge in [0, 0.05) is 25.2 Å². The molecular formula is C11H18N2. The normalized spacial score (nSPS) is 33.6. The van der Waals surface area contributed by atoms with Gasteiger partial charge in [-0.25, -0.2) is 0 Å². The molecule has 2 atom stereocenters. The average Bonchev–Trinajstić information content (AvgIpc) is 2.45. The van der Waals surface area contributed by atoms with Gasteiger partial charge in [0.1, 0.15) is 0 Å². The monoisotopic (exact) mass is 178 g/mol. The Morgan fingerprint density at radius 2 is 2.15 bits per heavy atom. The van der Waals surface area contributed by atoms with Crippen LogP contribution < -0.4 is 5.32 Å². The van der Waals surface area contributed by atoms with Crippen molar-refractivity contribution in [3.05, 3.63) is 0 Å². The van der Waals surface area contributed by atoms with Crippen molar-refractivity contribution in [1.29, 1.82) is 0 Å². The van der Waals surface area contributed by atoms with E-state index in [0.717, 1.165) is 18.6 Å². The summed E-state index contributed by atoms with van der Waals surface area (Å²) in [7, 11) is 0. The highest BCUT2D eigenvalue weighted by Crippen LogP contribution is 2.19. The van der Waals surface area contributed by atoms with E-state index in [0.29, 0.717) is 0 Å². The fourth-order valence-corrected chi connectivity index (χ4v) is 2.35. The van der Waals surface area contributed by atoms with Gasteiger partial charge in [0.15, 0.2) is 0 Å². The van der Waals surface area contributed by atoms with E-state index in [1.54, 1.807) is 0 Å². The van der Waals surface area contributed by atoms with Crippen molar-refractivity contribution in [3.63, 3.8) is 0 Å². The molecule has 2 fully saturated rings. The Labute approximate surface area is 80.7 Å². The van der Waals surface area contributed by atoms with Crippen molar-refractivity contribution in [1.82, 2.24) is 10.2 Å². The van der Waals surface area contributed by atoms with Gasteiger partial charge in [0.25, 0.3) is 0 Å². The van der Waals surface area contributed by atoms with Crippen LogP contribution in [0.5, 0.6) is 0 Å². The van der Waals surface area contributed by atoms with E-state index in [2.05, 4.69) is 22.1 Å². The van der Waals surface area contributed by atoms with E-state index in [9.17, 15) is 0 Å². The zero-order chi connectivity index (χ0) is 9.10. The second-order valence-electron chi connectivity index (χ2n) is 4.09. The van der Waals surface area contributed by atoms with Crippen molar-refractivity contribution in [3.8, 4) is 11.8 Å². The Morgan fingerprint density at radius 3 is 3.00 bits per heavy atom. The van der Waals surface area contributed by atoms with Crippen LogP contribution in [0.1, 0.15) is 26.2 Å². The predicted molar refractivity (Wildman–Crippen MR) is 54.5 cm³/mol. The molecule has 2 heterocycles. The van der Waals surface area contributed by atoms with Gasteiger partial charge in [-0.3, -0.25) is 4.90 Å². The molecule has 2 unspecified atom stereocenters. The van der Waals surface area contributed by atoms with Gasteiger partial charge < -0.3 is 5.32 Å². The van der Waals surface area contributed by atoms with E-state index < -0.39 is 0 Å². The van der Waals surface area contributed by atoms with Gasteiger partial charge in [-0.15, -0.1) is 5.92 Å². The number of rotatable bonds is 1. The Bertz CT molecular complexity index is 226. The fraction of sp³-hybridized carbons (Fsp3) is 0.818. The van der Waals surface area contributed by atoms with Gasteiger partial charge in [-0.2, -0.15) is 0 Å². The molecule has 2 saturated heterocycles. The molecule has 72 valence electrons. The molecule has 2 aliphatic rings. The zero-order valence-electron chi connectivity index (χ0n) is 8.34. The highest BCUT2D eigenvalue weighted by Gasteiger charge is 2.28. The average molecular weight is 178 g/mol. The number of nitrogens with zero attached hydrogens (tertiary/aromatic N) is 1. The molecule has 2 nitrogen and oxygen atoms in total. The van der Waals surface area contributed by atoms with Crippen LogP contribution in [0.25, 0.3) is 0 Å². The minimum atomic E-state index is 0.742. The molecule has 0 radical (unpaired) electrons. The van der Waals surface area contributed by atoms with E-state index >= 15 is 0 Å². The van der Waals surface area contributed by atoms with Crippen LogP contribution >= 0.6 is 0 Å². The maximum absolute atomic E-state index is 3.67. The second kappa shape index (κ2) is 4.13. The summed E-state index contributed by atoms with van der Waals surface area (Å²) in [5.74, 6) is 6.12. The van der Waals surface area contributed by atoms with Gasteiger partial charge in [0.2, 0.25) is 0 Å². The number of hydrogen-bond donors (Lipinski definition) is 1. The number of fused-ring (bicyclic) bond motifs is 2. The summed E-state index contributed by atoms with van der Waals surface area (Å²) in [6.07, 6.45) is 4.06. The molecule has 2 aliphatic heterocycles. The maximum Gasteiger partial charge on any atom is 0.0602 e. The van der Waals surface area contributed by atoms with Crippen molar-refractivity contribution in [2.45, 2.75) is 38.3 Å². The third-order valence-electron chi connectivity index (χ3n) is 3.09. The third kappa shape index (κ3) is 2.24. The summed E-state index contributed by atoms with van der Waals surface area (Å²) in [5.41, 5.74) is 0. The number of hydrogen-bond acceptors (Lipinski definition) is 2. The van der Waals surface area contributed by atoms with Crippen LogP contribution in [0.15, 0.2) is 0 Å². The summed E-state index contributed by atoms with van der Waals surface area (Å²) in [5, 5.41) is 3.67. The minimum Gasteiger partial charge on any atom is -0.310 e. The van der Waals surface area contributed by atoms with Crippen molar-refractivity contribution >= 4 is 0 Å². The van der Waals surface area contributed by atoms with E-state index in [-0.39, 0.29) is 0 Å². The standard InChI is InChI=1S/C11H18N2/c1-2-3-7-13-8-6-10-4-5-11(9-13)12-10/h10-12H,4-9H2,1H3. The lowest BCUT2D eigenvalue weighted by Gasteiger charge is -2.21. The van der Waals surface area contributed by atoms with Crippen molar-refractivity contribution < 1.29 is 0 Å². The maximum atomic E-state index is 3.67. The summed E-state index contributed by atoms with van der Waals surface area (Å²) in [6, 6.07) is 1.54. The Balaban J connectivity index is 1.88. The molecule has 0 saturated carbocycles. The SMILES string of the molecule is CC#CCN1CCC2CCC(C1)N2. The van der Waals surface area contributed by atoms with E-state index in [1.165, 1.54) is 32.4 Å². The van der Waals surface area contributed by atoms with Gasteiger partial charge >= 0.3 is 0 Å². The van der Waals surface area contributed by atoms with E-state index in [1.807, 2.05) is 6.92 Å². The molecule has 0 amide bonds. The first-order valence-corrected chi connectivity index (χ1v) is 5.26. The number of nitrogens with one attached hydrogen (secondary N) is 1. The van der Waals surface area contributed by atoms with Crippen LogP contribution in [0.2, 0.25) is 0 Å². The lowest BCUT2D eigenvalue weighted by Crippen LogP contribution is -2.35. The van der Waals surface area contributed by atoms with Gasteiger partial charge in [0.05, 0.1) is 6.54 Å². The highest BCUT2D eigenvalue weighted by molar-refractivity contribution is 4.99. The molecule has 0 aromatic heterocycles. The van der Waals surface area contributed by atoms with Crippen LogP contribution in [0.4, 0.5) is 0 Å². The van der Waals surface area contributed by atoms with Crippen molar-refractivity contribution in [2.24, 2.45) is 0 Å². The molecule has 0 aliphatic carbocycles. The van der Waals surface area contributed by atoms with Gasteiger partial charge in [-0.05, 0) is 26.2 Å². The lowest BCUT2D eigenvalue weighted by atomic mass is 10.1. The first-order valence-electron chi connectivity index (χ1n) is 5.26. The van der Waals surface area contributed by atoms with Crippen LogP contribution in [0.3, 0.4) is 0 Å². The highest BCUT2D eigenvalue weighted by atomic mass is 15.2. The molecule has 0 aromatic carbocycles. The summed E-state index contributed by atoms with van der Waals surface area (Å²) < 4.78 is 0. The van der Waals surface area contributed by atoms with Crippen LogP contribution in [0, 0.1) is 11.8 Å². The summed E-state index contributed by atoms with van der Waals surface area (Å²) in [4.78, 5) is 2.48. The number of likely N-dealkylation sites (tertiary alicyclic amines) is 1. The quantitative estimate of drug-likeness (QED) is 0.598. The lowest BCUT2D eigenvalue weighted by molar-refractivity contribution is 0.289. The molecule has 1 N–H and O–H groups in total. The first kappa shape index (κ1) is 9.05. The minimum absolute atomic E-state index is 0.742. The zero-order valence-corrected chi connectivity index (χ0v) is 8.34. The van der Waals surface area contributed by atoms with Gasteiger partial charge in [-0.1, -0.05) is 5.92 Å². The topological polar surface area (TPSA) is 15.3 Å². The van der Waals surface area contributed by atoms with Crippen LogP contribution in [-0.4, -0.2) is 36.6 Å². The molecule has 2 rings (SSSR count). The first-order chi connectivity index (χ1) is 6.38.